The Hall–Kier alpha value is -2.73. The number of fused-ring (bicyclic) bond motifs is 3. The zero-order chi connectivity index (χ0) is 40.5. The summed E-state index contributed by atoms with van der Waals surface area (Å²) in [5.41, 5.74) is 6.52. The Morgan fingerprint density at radius 1 is 0.561 bits per heavy atom. The topological polar surface area (TPSA) is 0 Å². The fraction of sp³-hybridized carbons (Fsp3) is 0.396. The molecule has 1 unspecified atom stereocenters. The van der Waals surface area contributed by atoms with Crippen LogP contribution >= 0.6 is 0 Å². The normalized spacial score (nSPS) is 15.7. The molecule has 0 radical (unpaired) electrons. The second kappa shape index (κ2) is 16.7. The monoisotopic (exact) mass is 902 g/mol. The number of benzene rings is 4. The van der Waals surface area contributed by atoms with Crippen molar-refractivity contribution in [1.29, 1.82) is 0 Å². The van der Waals surface area contributed by atoms with E-state index in [1.807, 2.05) is 0 Å². The van der Waals surface area contributed by atoms with Gasteiger partial charge in [-0.25, -0.2) is 0 Å². The minimum atomic E-state index is -4.63. The van der Waals surface area contributed by atoms with Crippen molar-refractivity contribution in [3.63, 3.8) is 0 Å². The molecule has 0 N–H and O–H groups in total. The summed E-state index contributed by atoms with van der Waals surface area (Å²) in [6, 6.07) is 23.9. The van der Waals surface area contributed by atoms with Gasteiger partial charge in [0.2, 0.25) is 0 Å². The van der Waals surface area contributed by atoms with Crippen molar-refractivity contribution in [2.45, 2.75) is 109 Å². The molecule has 1 atom stereocenters. The van der Waals surface area contributed by atoms with Crippen LogP contribution in [0.4, 0.5) is 26.3 Å². The number of halogens is 8. The first-order valence-corrected chi connectivity index (χ1v) is 23.1. The maximum atomic E-state index is 14.5. The number of alkyl halides is 6. The molecule has 0 aliphatic heterocycles. The third-order valence-corrected chi connectivity index (χ3v) is 19.6. The van der Waals surface area contributed by atoms with Gasteiger partial charge in [-0.1, -0.05) is 0 Å². The Balaban J connectivity index is 0.00000360. The Labute approximate surface area is 355 Å². The summed E-state index contributed by atoms with van der Waals surface area (Å²) >= 11 is -3.79. The molecule has 0 fully saturated rings. The summed E-state index contributed by atoms with van der Waals surface area (Å²) < 4.78 is 88.7. The van der Waals surface area contributed by atoms with Crippen molar-refractivity contribution in [3.05, 3.63) is 150 Å². The average molecular weight is 905 g/mol. The van der Waals surface area contributed by atoms with E-state index in [4.69, 9.17) is 0 Å². The maximum absolute atomic E-state index is 14.5. The first-order valence-electron chi connectivity index (χ1n) is 19.2. The van der Waals surface area contributed by atoms with Crippen LogP contribution in [0.25, 0.3) is 11.1 Å². The zero-order valence-electron chi connectivity index (χ0n) is 34.3. The van der Waals surface area contributed by atoms with Crippen LogP contribution in [0.3, 0.4) is 0 Å². The number of hydrogen-bond donors (Lipinski definition) is 0. The fourth-order valence-corrected chi connectivity index (χ4v) is 17.7. The van der Waals surface area contributed by atoms with Gasteiger partial charge in [0.1, 0.15) is 0 Å². The van der Waals surface area contributed by atoms with Crippen LogP contribution in [0.2, 0.25) is 0 Å². The zero-order valence-corrected chi connectivity index (χ0v) is 38.3. The summed E-state index contributed by atoms with van der Waals surface area (Å²) in [6.45, 7) is 21.7. The minimum Gasteiger partial charge on any atom is -1.00 e. The van der Waals surface area contributed by atoms with Crippen molar-refractivity contribution >= 4 is 3.21 Å². The van der Waals surface area contributed by atoms with E-state index in [2.05, 4.69) is 118 Å². The Bertz CT molecular complexity index is 2100. The van der Waals surface area contributed by atoms with E-state index < -0.39 is 44.7 Å². The maximum Gasteiger partial charge on any atom is -1.00 e. The van der Waals surface area contributed by atoms with E-state index in [0.717, 1.165) is 52.8 Å². The molecule has 304 valence electrons. The summed E-state index contributed by atoms with van der Waals surface area (Å²) in [4.78, 5) is 0. The molecule has 0 nitrogen and oxygen atoms in total. The van der Waals surface area contributed by atoms with Gasteiger partial charge in [-0.05, 0) is 0 Å². The van der Waals surface area contributed by atoms with E-state index >= 15 is 0 Å². The van der Waals surface area contributed by atoms with E-state index in [1.54, 1.807) is 12.1 Å². The predicted octanol–water partition coefficient (Wildman–Crippen LogP) is 8.57. The molecule has 2 aliphatic rings. The summed E-state index contributed by atoms with van der Waals surface area (Å²) in [5.74, 6) is 0.0235. The van der Waals surface area contributed by atoms with Crippen molar-refractivity contribution in [2.24, 2.45) is 11.3 Å². The van der Waals surface area contributed by atoms with Gasteiger partial charge in [-0.15, -0.1) is 0 Å². The molecule has 0 saturated heterocycles. The van der Waals surface area contributed by atoms with E-state index in [1.165, 1.54) is 38.7 Å². The second-order valence-corrected chi connectivity index (χ2v) is 24.5. The molecule has 9 heteroatoms. The molecule has 6 rings (SSSR count). The van der Waals surface area contributed by atoms with Crippen LogP contribution in [0.5, 0.6) is 0 Å². The minimum absolute atomic E-state index is 0. The Morgan fingerprint density at radius 2 is 1.00 bits per heavy atom. The quantitative estimate of drug-likeness (QED) is 0.170. The summed E-state index contributed by atoms with van der Waals surface area (Å²) in [5, 5.41) is 0. The molecule has 0 aromatic heterocycles. The third kappa shape index (κ3) is 9.68. The van der Waals surface area contributed by atoms with Gasteiger partial charge in [0.15, 0.2) is 0 Å². The average Bonchev–Trinajstić information content (AvgIpc) is 3.65. The molecule has 57 heavy (non-hydrogen) atoms. The van der Waals surface area contributed by atoms with Crippen LogP contribution in [0.15, 0.2) is 106 Å². The number of hydrogen-bond acceptors (Lipinski definition) is 0. The standard InChI is InChI=1S/C21H25.C15H8F6.C12H19.2ClH.Zr/c1-20(2,3)16-9-7-14-11-15-8-10-17(21(4,5)6)13-19(15)18(14)12-16;16-14(17,18)12-5-1-3-10(8-12)7-11-4-2-6-13(9-11)15(19,20)21;1-5-6-10-7-8-11(9-10)12(2,3)4;;;/h7-13H,1-6H3;1-6,8-9H;8-10H,5-6H2,1-4H3;2*1H;/q;;;;;+2/p-2. The van der Waals surface area contributed by atoms with Crippen LogP contribution in [-0.4, -0.2) is 3.21 Å². The van der Waals surface area contributed by atoms with Gasteiger partial charge in [0.25, 0.3) is 0 Å². The van der Waals surface area contributed by atoms with Crippen LogP contribution in [0.1, 0.15) is 130 Å². The molecular weight excluding hydrogens is 853 g/mol. The molecule has 0 bridgehead atoms. The smallest absolute Gasteiger partial charge is 1.00 e. The van der Waals surface area contributed by atoms with Gasteiger partial charge < -0.3 is 24.8 Å². The van der Waals surface area contributed by atoms with Crippen molar-refractivity contribution in [3.8, 4) is 11.1 Å². The fourth-order valence-electron chi connectivity index (χ4n) is 8.05. The molecule has 0 amide bonds. The Morgan fingerprint density at radius 3 is 1.37 bits per heavy atom. The van der Waals surface area contributed by atoms with Gasteiger partial charge >= 0.3 is 333 Å². The molecular formula is C48H52Cl2F6Zr. The van der Waals surface area contributed by atoms with E-state index in [-0.39, 0.29) is 50.6 Å². The van der Waals surface area contributed by atoms with E-state index in [0.29, 0.717) is 14.3 Å². The van der Waals surface area contributed by atoms with Gasteiger partial charge in [-0.2, -0.15) is 0 Å². The van der Waals surface area contributed by atoms with Gasteiger partial charge in [0, 0.05) is 0 Å². The first kappa shape index (κ1) is 47.0. The second-order valence-electron chi connectivity index (χ2n) is 18.3. The Kier molecular flexibility index (Phi) is 13.8. The number of rotatable bonds is 6. The molecule has 0 heterocycles. The largest absolute Gasteiger partial charge is 1.00 e. The SMILES string of the molecule is CCCC1C=C(C(C)(C)C)C=[C]1[Zr+2](=[C](c1cccc(C(F)(F)F)c1)c1cccc(C(F)(F)F)c1)[CH]1c2ccc(C(C)(C)C)cc2-c2cc(C(C)(C)C)ccc21.[Cl-].[Cl-]. The van der Waals surface area contributed by atoms with Crippen LogP contribution in [-0.2, 0) is 44.4 Å². The predicted molar refractivity (Wildman–Crippen MR) is 211 cm³/mol. The molecule has 0 spiro atoms. The molecule has 4 aromatic rings. The molecule has 2 aliphatic carbocycles. The van der Waals surface area contributed by atoms with E-state index in [9.17, 15) is 26.3 Å². The summed E-state index contributed by atoms with van der Waals surface area (Å²) in [6.07, 6.45) is -2.91. The molecule has 0 saturated carbocycles. The summed E-state index contributed by atoms with van der Waals surface area (Å²) in [7, 11) is 0. The van der Waals surface area contributed by atoms with Crippen molar-refractivity contribution < 1.29 is 72.4 Å². The first-order chi connectivity index (χ1) is 25.4. The van der Waals surface area contributed by atoms with Crippen molar-refractivity contribution in [1.82, 2.24) is 0 Å². The number of allylic oxidation sites excluding steroid dienone is 4. The van der Waals surface area contributed by atoms with Gasteiger partial charge in [-0.3, -0.25) is 0 Å². The van der Waals surface area contributed by atoms with Crippen LogP contribution < -0.4 is 24.8 Å². The van der Waals surface area contributed by atoms with Crippen LogP contribution in [0, 0.1) is 11.3 Å². The van der Waals surface area contributed by atoms with Gasteiger partial charge in [0.05, 0.1) is 0 Å². The molecule has 4 aromatic carbocycles. The third-order valence-electron chi connectivity index (χ3n) is 11.1. The van der Waals surface area contributed by atoms with Crippen molar-refractivity contribution in [2.75, 3.05) is 0 Å².